The Balaban J connectivity index is 0.00000289. The summed E-state index contributed by atoms with van der Waals surface area (Å²) in [5.41, 5.74) is 5.44. The molecule has 1 fully saturated rings. The number of amides is 1. The summed E-state index contributed by atoms with van der Waals surface area (Å²) >= 11 is 0. The minimum atomic E-state index is -0.505. The fourth-order valence-electron chi connectivity index (χ4n) is 1.91. The maximum atomic E-state index is 11.6. The van der Waals surface area contributed by atoms with Gasteiger partial charge < -0.3 is 16.0 Å². The van der Waals surface area contributed by atoms with Gasteiger partial charge in [-0.3, -0.25) is 9.79 Å². The van der Waals surface area contributed by atoms with Gasteiger partial charge in [0.2, 0.25) is 5.91 Å². The van der Waals surface area contributed by atoms with E-state index in [-0.39, 0.29) is 29.9 Å². The molecule has 1 rings (SSSR count). The van der Waals surface area contributed by atoms with Gasteiger partial charge in [0.25, 0.3) is 0 Å². The number of carbonyl (C=O) groups is 1. The van der Waals surface area contributed by atoms with Crippen molar-refractivity contribution in [2.45, 2.75) is 33.1 Å². The van der Waals surface area contributed by atoms with Crippen LogP contribution in [0.4, 0.5) is 0 Å². The number of aliphatic imine (C=N–C) groups is 1. The minimum Gasteiger partial charge on any atom is -0.370 e. The standard InChI is InChI=1S/C12H24N4O.HI/c1-12(2,10(17)14-3)9-15-11(13)16-7-5-4-6-8-16;/h4-9H2,1-3H3,(H2,13,15)(H,14,17);1H. The molecule has 0 aromatic heterocycles. The van der Waals surface area contributed by atoms with E-state index in [9.17, 15) is 4.79 Å². The molecule has 0 spiro atoms. The largest absolute Gasteiger partial charge is 0.370 e. The number of halogens is 1. The smallest absolute Gasteiger partial charge is 0.227 e. The number of piperidine rings is 1. The highest BCUT2D eigenvalue weighted by Gasteiger charge is 2.26. The molecular formula is C12H25IN4O. The summed E-state index contributed by atoms with van der Waals surface area (Å²) < 4.78 is 0. The summed E-state index contributed by atoms with van der Waals surface area (Å²) in [6.07, 6.45) is 3.62. The van der Waals surface area contributed by atoms with Crippen LogP contribution in [0.2, 0.25) is 0 Å². The molecule has 0 aliphatic carbocycles. The van der Waals surface area contributed by atoms with Crippen LogP contribution >= 0.6 is 24.0 Å². The van der Waals surface area contributed by atoms with Crippen LogP contribution in [0.1, 0.15) is 33.1 Å². The fourth-order valence-corrected chi connectivity index (χ4v) is 1.91. The number of nitrogens with one attached hydrogen (secondary N) is 1. The highest BCUT2D eigenvalue weighted by Crippen LogP contribution is 2.16. The third kappa shape index (κ3) is 4.99. The average Bonchev–Trinajstić information content (AvgIpc) is 2.36. The SMILES string of the molecule is CNC(=O)C(C)(C)CN=C(N)N1CCCCC1.I. The second-order valence-corrected chi connectivity index (χ2v) is 5.19. The number of nitrogens with zero attached hydrogens (tertiary/aromatic N) is 2. The van der Waals surface area contributed by atoms with Gasteiger partial charge in [-0.05, 0) is 33.1 Å². The van der Waals surface area contributed by atoms with Crippen molar-refractivity contribution in [2.75, 3.05) is 26.7 Å². The lowest BCUT2D eigenvalue weighted by molar-refractivity contribution is -0.128. The Kier molecular flexibility index (Phi) is 7.58. The first-order valence-electron chi connectivity index (χ1n) is 6.24. The molecule has 18 heavy (non-hydrogen) atoms. The zero-order valence-electron chi connectivity index (χ0n) is 11.5. The third-order valence-corrected chi connectivity index (χ3v) is 3.16. The van der Waals surface area contributed by atoms with Crippen LogP contribution in [0.5, 0.6) is 0 Å². The topological polar surface area (TPSA) is 70.7 Å². The molecule has 1 aliphatic rings. The number of hydrogen-bond donors (Lipinski definition) is 2. The van der Waals surface area contributed by atoms with Gasteiger partial charge in [-0.2, -0.15) is 0 Å². The van der Waals surface area contributed by atoms with Crippen LogP contribution < -0.4 is 11.1 Å². The number of guanidine groups is 1. The maximum Gasteiger partial charge on any atom is 0.227 e. The summed E-state index contributed by atoms with van der Waals surface area (Å²) in [6, 6.07) is 0. The molecule has 0 radical (unpaired) electrons. The van der Waals surface area contributed by atoms with E-state index < -0.39 is 5.41 Å². The second-order valence-electron chi connectivity index (χ2n) is 5.19. The molecule has 1 saturated heterocycles. The predicted molar refractivity (Wildman–Crippen MR) is 85.2 cm³/mol. The zero-order valence-corrected chi connectivity index (χ0v) is 13.9. The van der Waals surface area contributed by atoms with Gasteiger partial charge >= 0.3 is 0 Å². The van der Waals surface area contributed by atoms with E-state index in [1.54, 1.807) is 7.05 Å². The van der Waals surface area contributed by atoms with E-state index in [4.69, 9.17) is 5.73 Å². The van der Waals surface area contributed by atoms with Gasteiger partial charge in [-0.1, -0.05) is 0 Å². The van der Waals surface area contributed by atoms with Crippen molar-refractivity contribution < 1.29 is 4.79 Å². The van der Waals surface area contributed by atoms with Crippen molar-refractivity contribution in [1.82, 2.24) is 10.2 Å². The van der Waals surface area contributed by atoms with Crippen LogP contribution in [0.3, 0.4) is 0 Å². The van der Waals surface area contributed by atoms with E-state index >= 15 is 0 Å². The number of likely N-dealkylation sites (tertiary alicyclic amines) is 1. The van der Waals surface area contributed by atoms with Gasteiger partial charge in [-0.25, -0.2) is 0 Å². The van der Waals surface area contributed by atoms with Crippen molar-refractivity contribution in [1.29, 1.82) is 0 Å². The lowest BCUT2D eigenvalue weighted by Crippen LogP contribution is -2.42. The molecule has 6 heteroatoms. The second kappa shape index (κ2) is 7.81. The lowest BCUT2D eigenvalue weighted by atomic mass is 9.93. The molecule has 0 aromatic rings. The Labute approximate surface area is 127 Å². The van der Waals surface area contributed by atoms with Crippen LogP contribution in [0.25, 0.3) is 0 Å². The molecule has 1 heterocycles. The molecule has 1 amide bonds. The molecule has 0 saturated carbocycles. The summed E-state index contributed by atoms with van der Waals surface area (Å²) in [6.45, 7) is 6.14. The van der Waals surface area contributed by atoms with E-state index in [0.29, 0.717) is 12.5 Å². The number of nitrogens with two attached hydrogens (primary N) is 1. The van der Waals surface area contributed by atoms with Crippen LogP contribution in [-0.4, -0.2) is 43.4 Å². The Morgan fingerprint density at radius 3 is 2.39 bits per heavy atom. The number of hydrogen-bond acceptors (Lipinski definition) is 2. The van der Waals surface area contributed by atoms with Crippen molar-refractivity contribution in [3.63, 3.8) is 0 Å². The van der Waals surface area contributed by atoms with E-state index in [1.807, 2.05) is 13.8 Å². The molecule has 0 aromatic carbocycles. The average molecular weight is 368 g/mol. The van der Waals surface area contributed by atoms with E-state index in [2.05, 4.69) is 15.2 Å². The Bertz CT molecular complexity index is 298. The van der Waals surface area contributed by atoms with Crippen LogP contribution in [-0.2, 0) is 4.79 Å². The van der Waals surface area contributed by atoms with Crippen molar-refractivity contribution >= 4 is 35.8 Å². The number of rotatable bonds is 3. The highest BCUT2D eigenvalue weighted by molar-refractivity contribution is 14.0. The molecule has 3 N–H and O–H groups in total. The first-order chi connectivity index (χ1) is 7.97. The quantitative estimate of drug-likeness (QED) is 0.447. The normalized spacial score (nSPS) is 17.1. The summed E-state index contributed by atoms with van der Waals surface area (Å²) in [4.78, 5) is 18.0. The first-order valence-corrected chi connectivity index (χ1v) is 6.24. The van der Waals surface area contributed by atoms with Gasteiger partial charge in [0.05, 0.1) is 12.0 Å². The van der Waals surface area contributed by atoms with Crippen molar-refractivity contribution in [2.24, 2.45) is 16.1 Å². The molecule has 0 unspecified atom stereocenters. The molecule has 0 atom stereocenters. The van der Waals surface area contributed by atoms with Gasteiger partial charge in [0.1, 0.15) is 0 Å². The zero-order chi connectivity index (χ0) is 12.9. The van der Waals surface area contributed by atoms with Crippen LogP contribution in [0, 0.1) is 5.41 Å². The van der Waals surface area contributed by atoms with E-state index in [0.717, 1.165) is 13.1 Å². The monoisotopic (exact) mass is 368 g/mol. The molecule has 106 valence electrons. The minimum absolute atomic E-state index is 0. The van der Waals surface area contributed by atoms with Crippen molar-refractivity contribution in [3.05, 3.63) is 0 Å². The third-order valence-electron chi connectivity index (χ3n) is 3.16. The van der Waals surface area contributed by atoms with Gasteiger partial charge in [0.15, 0.2) is 5.96 Å². The first kappa shape index (κ1) is 17.5. The Morgan fingerprint density at radius 2 is 1.89 bits per heavy atom. The maximum absolute atomic E-state index is 11.6. The summed E-state index contributed by atoms with van der Waals surface area (Å²) in [5.74, 6) is 0.564. The predicted octanol–water partition coefficient (Wildman–Crippen LogP) is 1.18. The molecule has 0 bridgehead atoms. The highest BCUT2D eigenvalue weighted by atomic mass is 127. The van der Waals surface area contributed by atoms with E-state index in [1.165, 1.54) is 19.3 Å². The summed E-state index contributed by atoms with van der Waals surface area (Å²) in [7, 11) is 1.64. The molecular weight excluding hydrogens is 343 g/mol. The summed E-state index contributed by atoms with van der Waals surface area (Å²) in [5, 5.41) is 2.65. The number of carbonyl (C=O) groups excluding carboxylic acids is 1. The van der Waals surface area contributed by atoms with Gasteiger partial charge in [-0.15, -0.1) is 24.0 Å². The lowest BCUT2D eigenvalue weighted by Gasteiger charge is -2.28. The fraction of sp³-hybridized carbons (Fsp3) is 0.833. The molecule has 5 nitrogen and oxygen atoms in total. The Hall–Kier alpha value is -0.530. The van der Waals surface area contributed by atoms with Gasteiger partial charge in [0, 0.05) is 20.1 Å². The Morgan fingerprint density at radius 1 is 1.33 bits per heavy atom. The van der Waals surface area contributed by atoms with Crippen LogP contribution in [0.15, 0.2) is 4.99 Å². The molecule has 1 aliphatic heterocycles. The van der Waals surface area contributed by atoms with Crippen molar-refractivity contribution in [3.8, 4) is 0 Å².